The fourth-order valence-corrected chi connectivity index (χ4v) is 4.40. The Hall–Kier alpha value is -4.14. The van der Waals surface area contributed by atoms with E-state index < -0.39 is 24.0 Å². The molecule has 0 fully saturated rings. The number of carboxylic acids is 1. The summed E-state index contributed by atoms with van der Waals surface area (Å²) in [6, 6.07) is 16.5. The number of nitrogens with one attached hydrogen (secondary N) is 1. The van der Waals surface area contributed by atoms with Crippen molar-refractivity contribution >= 4 is 23.8 Å². The van der Waals surface area contributed by atoms with E-state index in [1.54, 1.807) is 14.0 Å². The molecule has 9 nitrogen and oxygen atoms in total. The summed E-state index contributed by atoms with van der Waals surface area (Å²) in [7, 11) is 2.97. The van der Waals surface area contributed by atoms with E-state index in [0.29, 0.717) is 0 Å². The predicted molar refractivity (Wildman–Crippen MR) is 126 cm³/mol. The first-order chi connectivity index (χ1) is 16.3. The van der Waals surface area contributed by atoms with Crippen LogP contribution in [0, 0.1) is 0 Å². The van der Waals surface area contributed by atoms with Gasteiger partial charge in [-0.2, -0.15) is 5.10 Å². The monoisotopic (exact) mass is 462 g/mol. The summed E-state index contributed by atoms with van der Waals surface area (Å²) < 4.78 is 6.81. The Bertz CT molecular complexity index is 1210. The van der Waals surface area contributed by atoms with Crippen LogP contribution in [0.4, 0.5) is 10.6 Å². The Morgan fingerprint density at radius 1 is 1.12 bits per heavy atom. The highest BCUT2D eigenvalue weighted by Gasteiger charge is 2.30. The Balaban J connectivity index is 1.43. The molecule has 4 rings (SSSR count). The number of carboxylic acid groups (broad SMARTS) is 1. The van der Waals surface area contributed by atoms with Crippen LogP contribution in [0.15, 0.2) is 54.6 Å². The number of aryl methyl sites for hydroxylation is 1. The summed E-state index contributed by atoms with van der Waals surface area (Å²) in [6.45, 7) is 1.84. The minimum Gasteiger partial charge on any atom is -0.480 e. The topological polar surface area (TPSA) is 114 Å². The highest BCUT2D eigenvalue weighted by atomic mass is 16.5. The largest absolute Gasteiger partial charge is 0.480 e. The van der Waals surface area contributed by atoms with Crippen LogP contribution < -0.4 is 5.32 Å². The number of rotatable bonds is 7. The van der Waals surface area contributed by atoms with Crippen LogP contribution in [0.5, 0.6) is 0 Å². The molecule has 0 bridgehead atoms. The van der Waals surface area contributed by atoms with Crippen molar-refractivity contribution < 1.29 is 24.2 Å². The first-order valence-corrected chi connectivity index (χ1v) is 11.0. The molecule has 2 N–H and O–H groups in total. The molecule has 0 aliphatic heterocycles. The molecule has 1 aromatic heterocycles. The third kappa shape index (κ3) is 4.24. The number of carbonyl (C=O) groups excluding carboxylic acids is 2. The zero-order chi connectivity index (χ0) is 24.4. The summed E-state index contributed by atoms with van der Waals surface area (Å²) >= 11 is 0. The molecule has 2 aromatic carbocycles. The lowest BCUT2D eigenvalue weighted by Gasteiger charge is -2.23. The average Bonchev–Trinajstić information content (AvgIpc) is 3.34. The first kappa shape index (κ1) is 23.0. The van der Waals surface area contributed by atoms with E-state index in [0.717, 1.165) is 27.2 Å². The third-order valence-electron chi connectivity index (χ3n) is 6.13. The van der Waals surface area contributed by atoms with Gasteiger partial charge in [-0.3, -0.25) is 14.8 Å². The van der Waals surface area contributed by atoms with Crippen LogP contribution in [-0.2, 0) is 16.6 Å². The van der Waals surface area contributed by atoms with Crippen molar-refractivity contribution in [3.8, 4) is 11.1 Å². The number of aliphatic carboxylic acids is 1. The smallest absolute Gasteiger partial charge is 0.412 e. The van der Waals surface area contributed by atoms with Gasteiger partial charge in [0.2, 0.25) is 0 Å². The molecule has 176 valence electrons. The van der Waals surface area contributed by atoms with Gasteiger partial charge in [0.15, 0.2) is 5.82 Å². The summed E-state index contributed by atoms with van der Waals surface area (Å²) in [4.78, 5) is 37.8. The van der Waals surface area contributed by atoms with Crippen LogP contribution in [0.3, 0.4) is 0 Å². The maximum atomic E-state index is 12.8. The summed E-state index contributed by atoms with van der Waals surface area (Å²) in [5.74, 6) is -1.53. The van der Waals surface area contributed by atoms with E-state index in [2.05, 4.69) is 22.5 Å². The van der Waals surface area contributed by atoms with Crippen molar-refractivity contribution in [1.82, 2.24) is 14.7 Å². The molecule has 0 saturated carbocycles. The number of hydrogen-bond acceptors (Lipinski definition) is 5. The number of fused-ring (bicyclic) bond motifs is 3. The van der Waals surface area contributed by atoms with Crippen molar-refractivity contribution in [3.05, 3.63) is 71.4 Å². The predicted octanol–water partition coefficient (Wildman–Crippen LogP) is 3.72. The second-order valence-electron chi connectivity index (χ2n) is 8.17. The number of nitrogens with zero attached hydrogens (tertiary/aromatic N) is 3. The molecule has 1 unspecified atom stereocenters. The van der Waals surface area contributed by atoms with Crippen LogP contribution in [-0.4, -0.2) is 57.5 Å². The van der Waals surface area contributed by atoms with Gasteiger partial charge in [0.25, 0.3) is 5.91 Å². The van der Waals surface area contributed by atoms with E-state index >= 15 is 0 Å². The SMILES string of the molecule is CCC(C(=O)O)N(C)C(=O)c1cc(NC(=O)OCC2c3ccccc3-c3ccccc32)nn1C. The van der Waals surface area contributed by atoms with E-state index in [-0.39, 0.29) is 30.5 Å². The molecule has 0 saturated heterocycles. The van der Waals surface area contributed by atoms with E-state index in [1.165, 1.54) is 17.8 Å². The van der Waals surface area contributed by atoms with Gasteiger partial charge in [0, 0.05) is 26.1 Å². The number of likely N-dealkylation sites (N-methyl/N-ethyl adjacent to an activating group) is 1. The first-order valence-electron chi connectivity index (χ1n) is 11.0. The Labute approximate surface area is 196 Å². The molecule has 1 heterocycles. The van der Waals surface area contributed by atoms with Gasteiger partial charge in [0.05, 0.1) is 0 Å². The standard InChI is InChI=1S/C25H26N4O5/c1-4-20(24(31)32)28(2)23(30)21-13-22(27-29(21)3)26-25(33)34-14-19-17-11-7-5-9-15(17)16-10-6-8-12-18(16)19/h5-13,19-20H,4,14H2,1-3H3,(H,31,32)(H,26,27,33). The Morgan fingerprint density at radius 3 is 2.26 bits per heavy atom. The number of hydrogen-bond donors (Lipinski definition) is 2. The molecule has 0 radical (unpaired) electrons. The number of amides is 2. The van der Waals surface area contributed by atoms with Gasteiger partial charge in [0.1, 0.15) is 18.3 Å². The van der Waals surface area contributed by atoms with Gasteiger partial charge >= 0.3 is 12.1 Å². The Kier molecular flexibility index (Phi) is 6.36. The van der Waals surface area contributed by atoms with Crippen molar-refractivity contribution in [2.75, 3.05) is 19.0 Å². The molecular formula is C25H26N4O5. The Morgan fingerprint density at radius 2 is 1.71 bits per heavy atom. The highest BCUT2D eigenvalue weighted by Crippen LogP contribution is 2.44. The number of anilines is 1. The van der Waals surface area contributed by atoms with Gasteiger partial charge in [-0.05, 0) is 28.7 Å². The highest BCUT2D eigenvalue weighted by molar-refractivity contribution is 5.96. The molecule has 2 amide bonds. The normalized spacial score (nSPS) is 13.0. The number of ether oxygens (including phenoxy) is 1. The molecule has 3 aromatic rings. The van der Waals surface area contributed by atoms with E-state index in [1.807, 2.05) is 36.4 Å². The fraction of sp³-hybridized carbons (Fsp3) is 0.280. The summed E-state index contributed by atoms with van der Waals surface area (Å²) in [6.07, 6.45) is -0.426. The molecule has 1 atom stereocenters. The zero-order valence-corrected chi connectivity index (χ0v) is 19.2. The zero-order valence-electron chi connectivity index (χ0n) is 19.2. The van der Waals surface area contributed by atoms with Crippen molar-refractivity contribution in [2.24, 2.45) is 7.05 Å². The lowest BCUT2D eigenvalue weighted by atomic mass is 9.98. The van der Waals surface area contributed by atoms with Gasteiger partial charge in [-0.15, -0.1) is 0 Å². The molecular weight excluding hydrogens is 436 g/mol. The molecule has 9 heteroatoms. The number of benzene rings is 2. The number of carbonyl (C=O) groups is 3. The molecule has 1 aliphatic rings. The molecule has 1 aliphatic carbocycles. The third-order valence-corrected chi connectivity index (χ3v) is 6.13. The van der Waals surface area contributed by atoms with Crippen molar-refractivity contribution in [3.63, 3.8) is 0 Å². The average molecular weight is 463 g/mol. The van der Waals surface area contributed by atoms with Gasteiger partial charge < -0.3 is 14.7 Å². The number of aromatic nitrogens is 2. The van der Waals surface area contributed by atoms with Crippen LogP contribution in [0.2, 0.25) is 0 Å². The second kappa shape index (κ2) is 9.38. The minimum absolute atomic E-state index is 0.0744. The lowest BCUT2D eigenvalue weighted by Crippen LogP contribution is -2.42. The van der Waals surface area contributed by atoms with Crippen molar-refractivity contribution in [2.45, 2.75) is 25.3 Å². The quantitative estimate of drug-likeness (QED) is 0.553. The lowest BCUT2D eigenvalue weighted by molar-refractivity contribution is -0.142. The van der Waals surface area contributed by atoms with Crippen LogP contribution >= 0.6 is 0 Å². The summed E-state index contributed by atoms with van der Waals surface area (Å²) in [5.41, 5.74) is 4.63. The van der Waals surface area contributed by atoms with E-state index in [9.17, 15) is 19.5 Å². The minimum atomic E-state index is -1.09. The van der Waals surface area contributed by atoms with Gasteiger partial charge in [-0.1, -0.05) is 55.5 Å². The van der Waals surface area contributed by atoms with Gasteiger partial charge in [-0.25, -0.2) is 9.59 Å². The second-order valence-corrected chi connectivity index (χ2v) is 8.17. The fourth-order valence-electron chi connectivity index (χ4n) is 4.40. The van der Waals surface area contributed by atoms with Crippen LogP contribution in [0.25, 0.3) is 11.1 Å². The maximum Gasteiger partial charge on any atom is 0.412 e. The maximum absolute atomic E-state index is 12.8. The van der Waals surface area contributed by atoms with E-state index in [4.69, 9.17) is 4.74 Å². The van der Waals surface area contributed by atoms with Crippen LogP contribution in [0.1, 0.15) is 40.9 Å². The molecule has 0 spiro atoms. The van der Waals surface area contributed by atoms with Crippen molar-refractivity contribution in [1.29, 1.82) is 0 Å². The molecule has 34 heavy (non-hydrogen) atoms. The summed E-state index contributed by atoms with van der Waals surface area (Å²) in [5, 5.41) is 16.0.